The Hall–Kier alpha value is -2.29. The number of amides is 2. The van der Waals surface area contributed by atoms with Crippen LogP contribution in [-0.4, -0.2) is 50.4 Å². The lowest BCUT2D eigenvalue weighted by molar-refractivity contribution is 0.163. The molecule has 1 fully saturated rings. The van der Waals surface area contributed by atoms with Gasteiger partial charge in [-0.3, -0.25) is 0 Å². The Morgan fingerprint density at radius 2 is 2.23 bits per heavy atom. The van der Waals surface area contributed by atoms with Gasteiger partial charge in [-0.2, -0.15) is 0 Å². The van der Waals surface area contributed by atoms with Gasteiger partial charge in [0.1, 0.15) is 18.2 Å². The first-order valence-electron chi connectivity index (χ1n) is 8.67. The molecule has 9 heteroatoms. The van der Waals surface area contributed by atoms with Crippen LogP contribution in [0.2, 0.25) is 0 Å². The van der Waals surface area contributed by atoms with Crippen molar-refractivity contribution < 1.29 is 17.9 Å². The van der Waals surface area contributed by atoms with Crippen molar-refractivity contribution in [2.45, 2.75) is 44.5 Å². The monoisotopic (exact) mass is 380 g/mol. The molecule has 0 spiro atoms. The zero-order chi connectivity index (χ0) is 18.9. The van der Waals surface area contributed by atoms with E-state index in [0.717, 1.165) is 12.8 Å². The molecule has 3 rings (SSSR count). The number of nitrogens with one attached hydrogen (secondary N) is 1. The first kappa shape index (κ1) is 18.5. The first-order valence-corrected chi connectivity index (χ1v) is 10.3. The number of nitrogens with two attached hydrogens (primary N) is 1. The van der Waals surface area contributed by atoms with Crippen molar-refractivity contribution in [3.8, 4) is 5.75 Å². The summed E-state index contributed by atoms with van der Waals surface area (Å²) in [7, 11) is -3.58. The van der Waals surface area contributed by atoms with Crippen LogP contribution >= 0.6 is 0 Å². The molecule has 2 aliphatic heterocycles. The number of hydrogen-bond donors (Lipinski definition) is 2. The van der Waals surface area contributed by atoms with E-state index in [1.807, 2.05) is 13.8 Å². The van der Waals surface area contributed by atoms with Gasteiger partial charge < -0.3 is 20.7 Å². The SMILES string of the molecule is CC(C)NC(=O)N1CCC[C@@H]1COc1cccc2c1C(N)=NS(=O)(=O)C2. The van der Waals surface area contributed by atoms with Crippen LogP contribution in [0.5, 0.6) is 5.75 Å². The van der Waals surface area contributed by atoms with Gasteiger partial charge in [-0.15, -0.1) is 4.40 Å². The number of hydrogen-bond acceptors (Lipinski definition) is 5. The van der Waals surface area contributed by atoms with E-state index >= 15 is 0 Å². The third-order valence-corrected chi connectivity index (χ3v) is 5.58. The summed E-state index contributed by atoms with van der Waals surface area (Å²) >= 11 is 0. The Labute approximate surface area is 153 Å². The average Bonchev–Trinajstić information content (AvgIpc) is 2.99. The number of ether oxygens (including phenoxy) is 1. The summed E-state index contributed by atoms with van der Waals surface area (Å²) < 4.78 is 33.0. The second-order valence-corrected chi connectivity index (χ2v) is 8.53. The Balaban J connectivity index is 1.74. The first-order chi connectivity index (χ1) is 12.3. The Bertz CT molecular complexity index is 835. The number of amidine groups is 1. The Morgan fingerprint density at radius 1 is 1.46 bits per heavy atom. The lowest BCUT2D eigenvalue weighted by atomic mass is 10.1. The molecule has 0 radical (unpaired) electrons. The molecule has 0 unspecified atom stereocenters. The summed E-state index contributed by atoms with van der Waals surface area (Å²) in [6.45, 7) is 4.86. The molecule has 3 N–H and O–H groups in total. The second-order valence-electron chi connectivity index (χ2n) is 6.90. The van der Waals surface area contributed by atoms with Crippen LogP contribution in [0, 0.1) is 0 Å². The smallest absolute Gasteiger partial charge is 0.317 e. The predicted octanol–water partition coefficient (Wildman–Crippen LogP) is 1.20. The highest BCUT2D eigenvalue weighted by Crippen LogP contribution is 2.29. The molecule has 8 nitrogen and oxygen atoms in total. The average molecular weight is 380 g/mol. The fourth-order valence-electron chi connectivity index (χ4n) is 3.32. The molecule has 2 amide bonds. The van der Waals surface area contributed by atoms with Crippen molar-refractivity contribution in [2.75, 3.05) is 13.2 Å². The number of sulfonamides is 1. The van der Waals surface area contributed by atoms with Gasteiger partial charge in [0.15, 0.2) is 0 Å². The maximum absolute atomic E-state index is 12.3. The number of rotatable bonds is 4. The van der Waals surface area contributed by atoms with Crippen molar-refractivity contribution in [2.24, 2.45) is 10.1 Å². The number of benzene rings is 1. The normalized spacial score (nSPS) is 21.3. The van der Waals surface area contributed by atoms with Crippen molar-refractivity contribution >= 4 is 21.9 Å². The zero-order valence-electron chi connectivity index (χ0n) is 14.9. The van der Waals surface area contributed by atoms with Gasteiger partial charge in [-0.25, -0.2) is 13.2 Å². The maximum Gasteiger partial charge on any atom is 0.317 e. The van der Waals surface area contributed by atoms with Crippen molar-refractivity contribution in [3.63, 3.8) is 0 Å². The topological polar surface area (TPSA) is 114 Å². The van der Waals surface area contributed by atoms with Gasteiger partial charge >= 0.3 is 6.03 Å². The third kappa shape index (κ3) is 3.92. The fourth-order valence-corrected chi connectivity index (χ4v) is 4.41. The zero-order valence-corrected chi connectivity index (χ0v) is 15.8. The Morgan fingerprint density at radius 3 is 2.96 bits per heavy atom. The van der Waals surface area contributed by atoms with Crippen LogP contribution in [0.3, 0.4) is 0 Å². The summed E-state index contributed by atoms with van der Waals surface area (Å²) in [5, 5.41) is 2.90. The number of carbonyl (C=O) groups excluding carboxylic acids is 1. The number of nitrogens with zero attached hydrogens (tertiary/aromatic N) is 2. The van der Waals surface area contributed by atoms with Crippen LogP contribution in [0.4, 0.5) is 4.79 Å². The summed E-state index contributed by atoms with van der Waals surface area (Å²) in [4.78, 5) is 14.1. The minimum absolute atomic E-state index is 0.0323. The molecule has 0 bridgehead atoms. The fraction of sp³-hybridized carbons (Fsp3) is 0.529. The third-order valence-electron chi connectivity index (χ3n) is 4.43. The highest BCUT2D eigenvalue weighted by molar-refractivity contribution is 7.89. The van der Waals surface area contributed by atoms with E-state index in [9.17, 15) is 13.2 Å². The van der Waals surface area contributed by atoms with E-state index in [1.165, 1.54) is 0 Å². The molecule has 142 valence electrons. The number of fused-ring (bicyclic) bond motifs is 1. The highest BCUT2D eigenvalue weighted by atomic mass is 32.2. The molecule has 2 heterocycles. The van der Waals surface area contributed by atoms with E-state index in [4.69, 9.17) is 10.5 Å². The van der Waals surface area contributed by atoms with Crippen molar-refractivity contribution in [3.05, 3.63) is 29.3 Å². The maximum atomic E-state index is 12.3. The standard InChI is InChI=1S/C17H24N4O4S/c1-11(2)19-17(22)21-8-4-6-13(21)9-25-14-7-3-5-12-10-26(23,24)20-16(18)15(12)14/h3,5,7,11,13H,4,6,8-10H2,1-2H3,(H2,18,20)(H,19,22)/t13-/m1/s1. The van der Waals surface area contributed by atoms with Gasteiger partial charge in [0.05, 0.1) is 17.4 Å². The molecule has 0 saturated carbocycles. The van der Waals surface area contributed by atoms with E-state index < -0.39 is 10.0 Å². The molecular weight excluding hydrogens is 356 g/mol. The highest BCUT2D eigenvalue weighted by Gasteiger charge is 2.30. The van der Waals surface area contributed by atoms with E-state index in [2.05, 4.69) is 9.71 Å². The minimum atomic E-state index is -3.58. The summed E-state index contributed by atoms with van der Waals surface area (Å²) in [5.74, 6) is 0.254. The minimum Gasteiger partial charge on any atom is -0.491 e. The lowest BCUT2D eigenvalue weighted by Crippen LogP contribution is -2.47. The molecule has 1 saturated heterocycles. The molecule has 1 aromatic carbocycles. The second kappa shape index (κ2) is 7.14. The van der Waals surface area contributed by atoms with Crippen LogP contribution in [-0.2, 0) is 15.8 Å². The van der Waals surface area contributed by atoms with Gasteiger partial charge in [0, 0.05) is 12.6 Å². The molecule has 26 heavy (non-hydrogen) atoms. The summed E-state index contributed by atoms with van der Waals surface area (Å²) in [6, 6.07) is 5.14. The van der Waals surface area contributed by atoms with Crippen LogP contribution in [0.1, 0.15) is 37.8 Å². The van der Waals surface area contributed by atoms with Crippen LogP contribution in [0.25, 0.3) is 0 Å². The van der Waals surface area contributed by atoms with Crippen molar-refractivity contribution in [1.82, 2.24) is 10.2 Å². The van der Waals surface area contributed by atoms with Crippen LogP contribution < -0.4 is 15.8 Å². The molecule has 1 aromatic rings. The van der Waals surface area contributed by atoms with Crippen LogP contribution in [0.15, 0.2) is 22.6 Å². The van der Waals surface area contributed by atoms with Gasteiger partial charge in [0.25, 0.3) is 10.0 Å². The number of urea groups is 1. The Kier molecular flexibility index (Phi) is 5.08. The molecule has 0 aromatic heterocycles. The molecule has 1 atom stereocenters. The van der Waals surface area contributed by atoms with Gasteiger partial charge in [-0.1, -0.05) is 12.1 Å². The van der Waals surface area contributed by atoms with Gasteiger partial charge in [0.2, 0.25) is 0 Å². The van der Waals surface area contributed by atoms with E-state index in [0.29, 0.717) is 30.0 Å². The molecule has 0 aliphatic carbocycles. The summed E-state index contributed by atoms with van der Waals surface area (Å²) in [6.07, 6.45) is 1.78. The predicted molar refractivity (Wildman–Crippen MR) is 98.7 cm³/mol. The quantitative estimate of drug-likeness (QED) is 0.814. The largest absolute Gasteiger partial charge is 0.491 e. The summed E-state index contributed by atoms with van der Waals surface area (Å²) in [5.41, 5.74) is 6.96. The number of likely N-dealkylation sites (tertiary alicyclic amines) is 1. The van der Waals surface area contributed by atoms with E-state index in [1.54, 1.807) is 23.1 Å². The molecule has 2 aliphatic rings. The van der Waals surface area contributed by atoms with Crippen molar-refractivity contribution in [1.29, 1.82) is 0 Å². The van der Waals surface area contributed by atoms with Gasteiger partial charge in [-0.05, 0) is 38.3 Å². The lowest BCUT2D eigenvalue weighted by Gasteiger charge is -2.27. The van der Waals surface area contributed by atoms with E-state index in [-0.39, 0.29) is 29.7 Å². The number of carbonyl (C=O) groups is 1. The molecular formula is C17H24N4O4S.